The van der Waals surface area contributed by atoms with Crippen molar-refractivity contribution in [1.29, 1.82) is 5.26 Å². The van der Waals surface area contributed by atoms with Crippen LogP contribution in [0.25, 0.3) is 0 Å². The number of aromatic nitrogens is 1. The second-order valence-corrected chi connectivity index (χ2v) is 4.71. The van der Waals surface area contributed by atoms with E-state index in [4.69, 9.17) is 5.26 Å². The molecule has 1 saturated carbocycles. The van der Waals surface area contributed by atoms with Crippen LogP contribution in [0.2, 0.25) is 0 Å². The van der Waals surface area contributed by atoms with Crippen molar-refractivity contribution in [3.8, 4) is 6.07 Å². The summed E-state index contributed by atoms with van der Waals surface area (Å²) in [6.07, 6.45) is 1.31. The number of nitriles is 1. The fraction of sp³-hybridized carbons (Fsp3) is 0.600. The number of nitrogens with zero attached hydrogens (tertiary/aromatic N) is 2. The number of hydrogen-bond acceptors (Lipinski definition) is 4. The molecule has 0 aromatic carbocycles. The van der Waals surface area contributed by atoms with E-state index in [1.54, 1.807) is 0 Å². The molecule has 0 radical (unpaired) electrons. The fourth-order valence-electron chi connectivity index (χ4n) is 1.53. The van der Waals surface area contributed by atoms with Crippen molar-refractivity contribution in [3.63, 3.8) is 0 Å². The van der Waals surface area contributed by atoms with Gasteiger partial charge in [0.1, 0.15) is 16.6 Å². The molecule has 0 aliphatic heterocycles. The predicted octanol–water partition coefficient (Wildman–Crippen LogP) is 2.39. The van der Waals surface area contributed by atoms with E-state index in [1.807, 2.05) is 6.92 Å². The molecule has 0 bridgehead atoms. The summed E-state index contributed by atoms with van der Waals surface area (Å²) in [6.45, 7) is 5.12. The van der Waals surface area contributed by atoms with E-state index in [-0.39, 0.29) is 0 Å². The first kappa shape index (κ1) is 9.47. The number of anilines is 1. The van der Waals surface area contributed by atoms with Crippen LogP contribution in [-0.2, 0) is 0 Å². The summed E-state index contributed by atoms with van der Waals surface area (Å²) in [5.74, 6) is 1.64. The van der Waals surface area contributed by atoms with Gasteiger partial charge in [-0.1, -0.05) is 6.92 Å². The zero-order chi connectivity index (χ0) is 10.1. The average molecular weight is 207 g/mol. The lowest BCUT2D eigenvalue weighted by Crippen LogP contribution is -2.03. The summed E-state index contributed by atoms with van der Waals surface area (Å²) in [5.41, 5.74) is 1.55. The number of aryl methyl sites for hydroxylation is 1. The lowest BCUT2D eigenvalue weighted by Gasteiger charge is -2.01. The molecule has 1 aliphatic carbocycles. The second kappa shape index (κ2) is 3.58. The van der Waals surface area contributed by atoms with Gasteiger partial charge in [0.05, 0.1) is 5.69 Å². The van der Waals surface area contributed by atoms with Crippen LogP contribution in [0.3, 0.4) is 0 Å². The highest BCUT2D eigenvalue weighted by molar-refractivity contribution is 7.10. The van der Waals surface area contributed by atoms with Gasteiger partial charge in [-0.25, -0.2) is 0 Å². The molecule has 1 aliphatic rings. The molecule has 3 nitrogen and oxygen atoms in total. The lowest BCUT2D eigenvalue weighted by molar-refractivity contribution is 0.788. The summed E-state index contributed by atoms with van der Waals surface area (Å²) in [4.78, 5) is 0. The molecular weight excluding hydrogens is 194 g/mol. The summed E-state index contributed by atoms with van der Waals surface area (Å²) in [6, 6.07) is 2.18. The van der Waals surface area contributed by atoms with Crippen molar-refractivity contribution in [2.24, 2.45) is 11.8 Å². The van der Waals surface area contributed by atoms with Crippen molar-refractivity contribution in [3.05, 3.63) is 11.3 Å². The minimum atomic E-state index is 0.711. The maximum absolute atomic E-state index is 8.90. The van der Waals surface area contributed by atoms with E-state index >= 15 is 0 Å². The Morgan fingerprint density at radius 2 is 2.43 bits per heavy atom. The van der Waals surface area contributed by atoms with Gasteiger partial charge in [0.15, 0.2) is 0 Å². The highest BCUT2D eigenvalue weighted by Gasteiger charge is 2.32. The van der Waals surface area contributed by atoms with Crippen molar-refractivity contribution in [2.45, 2.75) is 20.3 Å². The van der Waals surface area contributed by atoms with Gasteiger partial charge < -0.3 is 5.32 Å². The van der Waals surface area contributed by atoms with Crippen LogP contribution in [0.5, 0.6) is 0 Å². The van der Waals surface area contributed by atoms with E-state index in [0.717, 1.165) is 29.1 Å². The first-order valence-corrected chi connectivity index (χ1v) is 5.60. The van der Waals surface area contributed by atoms with Crippen LogP contribution in [0, 0.1) is 30.1 Å². The van der Waals surface area contributed by atoms with Crippen LogP contribution < -0.4 is 5.32 Å². The maximum atomic E-state index is 8.90. The predicted molar refractivity (Wildman–Crippen MR) is 57.3 cm³/mol. The molecule has 2 rings (SSSR count). The van der Waals surface area contributed by atoms with Gasteiger partial charge in [-0.05, 0) is 36.7 Å². The van der Waals surface area contributed by atoms with Crippen molar-refractivity contribution < 1.29 is 0 Å². The quantitative estimate of drug-likeness (QED) is 0.828. The molecule has 1 N–H and O–H groups in total. The molecule has 2 atom stereocenters. The molecule has 1 heterocycles. The Bertz CT molecular complexity index is 377. The third-order valence-corrected chi connectivity index (χ3v) is 3.67. The van der Waals surface area contributed by atoms with Gasteiger partial charge in [-0.15, -0.1) is 0 Å². The summed E-state index contributed by atoms with van der Waals surface area (Å²) < 4.78 is 4.16. The third-order valence-electron chi connectivity index (χ3n) is 2.78. The van der Waals surface area contributed by atoms with Gasteiger partial charge >= 0.3 is 0 Å². The maximum Gasteiger partial charge on any atom is 0.127 e. The van der Waals surface area contributed by atoms with Crippen LogP contribution in [-0.4, -0.2) is 10.9 Å². The molecule has 0 amide bonds. The van der Waals surface area contributed by atoms with Crippen LogP contribution in [0.15, 0.2) is 0 Å². The summed E-state index contributed by atoms with van der Waals surface area (Å²) >= 11 is 1.39. The molecule has 0 spiro atoms. The molecule has 1 aromatic heterocycles. The van der Waals surface area contributed by atoms with Gasteiger partial charge in [-0.3, -0.25) is 0 Å². The largest absolute Gasteiger partial charge is 0.374 e. The fourth-order valence-corrected chi connectivity index (χ4v) is 2.28. The van der Waals surface area contributed by atoms with Crippen LogP contribution in [0.1, 0.15) is 24.6 Å². The molecule has 2 unspecified atom stereocenters. The average Bonchev–Trinajstić information content (AvgIpc) is 2.74. The highest BCUT2D eigenvalue weighted by Crippen LogP contribution is 2.38. The van der Waals surface area contributed by atoms with Crippen molar-refractivity contribution >= 4 is 16.5 Å². The Morgan fingerprint density at radius 3 is 3.00 bits per heavy atom. The van der Waals surface area contributed by atoms with E-state index in [9.17, 15) is 0 Å². The monoisotopic (exact) mass is 207 g/mol. The van der Waals surface area contributed by atoms with Crippen LogP contribution in [0.4, 0.5) is 5.00 Å². The Morgan fingerprint density at radius 1 is 1.71 bits per heavy atom. The molecule has 4 heteroatoms. The Kier molecular flexibility index (Phi) is 2.42. The number of hydrogen-bond donors (Lipinski definition) is 1. The highest BCUT2D eigenvalue weighted by atomic mass is 32.1. The zero-order valence-electron chi connectivity index (χ0n) is 8.37. The van der Waals surface area contributed by atoms with Crippen molar-refractivity contribution in [2.75, 3.05) is 11.9 Å². The third kappa shape index (κ3) is 1.73. The van der Waals surface area contributed by atoms with E-state index in [2.05, 4.69) is 22.7 Å². The summed E-state index contributed by atoms with van der Waals surface area (Å²) in [5, 5.41) is 13.1. The lowest BCUT2D eigenvalue weighted by atomic mass is 10.2. The molecule has 14 heavy (non-hydrogen) atoms. The van der Waals surface area contributed by atoms with E-state index in [1.165, 1.54) is 18.0 Å². The van der Waals surface area contributed by atoms with Gasteiger partial charge in [-0.2, -0.15) is 9.64 Å². The first-order chi connectivity index (χ1) is 6.72. The molecule has 0 saturated heterocycles. The number of rotatable bonds is 3. The Labute approximate surface area is 87.9 Å². The SMILES string of the molecule is Cc1nsc(NCC2CC2C)c1C#N. The smallest absolute Gasteiger partial charge is 0.127 e. The molecule has 74 valence electrons. The Balaban J connectivity index is 1.99. The van der Waals surface area contributed by atoms with Gasteiger partial charge in [0.25, 0.3) is 0 Å². The minimum absolute atomic E-state index is 0.711. The van der Waals surface area contributed by atoms with Crippen LogP contribution >= 0.6 is 11.5 Å². The Hall–Kier alpha value is -1.08. The molecule has 1 aromatic rings. The molecule has 1 fully saturated rings. The topological polar surface area (TPSA) is 48.7 Å². The standard InChI is InChI=1S/C10H13N3S/c1-6-3-8(6)5-12-10-9(4-11)7(2)13-14-10/h6,8,12H,3,5H2,1-2H3. The van der Waals surface area contributed by atoms with E-state index < -0.39 is 0 Å². The second-order valence-electron chi connectivity index (χ2n) is 3.94. The van der Waals surface area contributed by atoms with Gasteiger partial charge in [0, 0.05) is 6.54 Å². The first-order valence-electron chi connectivity index (χ1n) is 4.82. The summed E-state index contributed by atoms with van der Waals surface area (Å²) in [7, 11) is 0. The minimum Gasteiger partial charge on any atom is -0.374 e. The number of nitrogens with one attached hydrogen (secondary N) is 1. The van der Waals surface area contributed by atoms with Crippen molar-refractivity contribution in [1.82, 2.24) is 4.37 Å². The molecular formula is C10H13N3S. The van der Waals surface area contributed by atoms with Gasteiger partial charge in [0.2, 0.25) is 0 Å². The zero-order valence-corrected chi connectivity index (χ0v) is 9.19. The normalized spacial score (nSPS) is 24.4. The van der Waals surface area contributed by atoms with E-state index in [0.29, 0.717) is 5.56 Å².